The zero-order valence-corrected chi connectivity index (χ0v) is 14.4. The largest absolute Gasteiger partial charge is 0.416 e. The number of carbonyl (C=O) groups is 1. The minimum atomic E-state index is -4.41. The number of hydrogen-bond donors (Lipinski definition) is 3. The molecule has 3 N–H and O–H groups in total. The van der Waals surface area contributed by atoms with Crippen LogP contribution in [0.3, 0.4) is 0 Å². The highest BCUT2D eigenvalue weighted by Crippen LogP contribution is 2.29. The topological polar surface area (TPSA) is 65.5 Å². The van der Waals surface area contributed by atoms with E-state index < -0.39 is 23.5 Å². The van der Waals surface area contributed by atoms with Gasteiger partial charge in [-0.15, -0.1) is 0 Å². The molecule has 0 saturated carbocycles. The molecule has 9 heteroatoms. The molecule has 0 fully saturated rings. The number of rotatable bonds is 5. The molecule has 2 rings (SSSR count). The Bertz CT molecular complexity index is 821. The van der Waals surface area contributed by atoms with E-state index in [1.54, 1.807) is 12.1 Å². The maximum absolute atomic E-state index is 13.1. The van der Waals surface area contributed by atoms with Gasteiger partial charge in [0.1, 0.15) is 5.82 Å². The number of amides is 1. The van der Waals surface area contributed by atoms with E-state index in [2.05, 4.69) is 20.9 Å². The maximum Gasteiger partial charge on any atom is 0.416 e. The lowest BCUT2D eigenvalue weighted by Crippen LogP contribution is -2.41. The molecule has 0 atom stereocenters. The van der Waals surface area contributed by atoms with Crippen LogP contribution in [0.1, 0.15) is 11.1 Å². The minimum Gasteiger partial charge on any atom is -0.352 e. The van der Waals surface area contributed by atoms with Crippen LogP contribution in [0, 0.1) is 5.82 Å². The summed E-state index contributed by atoms with van der Waals surface area (Å²) in [6, 6.07) is 10.3. The van der Waals surface area contributed by atoms with Crippen LogP contribution in [0.15, 0.2) is 53.5 Å². The Morgan fingerprint density at radius 2 is 1.81 bits per heavy atom. The van der Waals surface area contributed by atoms with Crippen molar-refractivity contribution in [2.24, 2.45) is 4.99 Å². The summed E-state index contributed by atoms with van der Waals surface area (Å²) in [7, 11) is 1.46. The van der Waals surface area contributed by atoms with Crippen molar-refractivity contribution in [1.29, 1.82) is 0 Å². The van der Waals surface area contributed by atoms with E-state index in [9.17, 15) is 22.4 Å². The smallest absolute Gasteiger partial charge is 0.352 e. The fourth-order valence-corrected chi connectivity index (χ4v) is 2.20. The lowest BCUT2D eigenvalue weighted by atomic mass is 10.1. The number of anilines is 1. The lowest BCUT2D eigenvalue weighted by Gasteiger charge is -2.13. The Morgan fingerprint density at radius 1 is 1.07 bits per heavy atom. The van der Waals surface area contributed by atoms with E-state index in [1.807, 2.05) is 0 Å². The second-order valence-corrected chi connectivity index (χ2v) is 5.54. The summed E-state index contributed by atoms with van der Waals surface area (Å²) in [6.45, 7) is -0.0616. The standard InChI is InChI=1S/C18H18F4N4O/c1-23-17(24-10-12-4-2-5-13(8-12)18(20,21)22)25-11-16(27)26-15-7-3-6-14(19)9-15/h2-9H,10-11H2,1H3,(H,26,27)(H2,23,24,25). The molecular weight excluding hydrogens is 364 g/mol. The number of halogens is 4. The van der Waals surface area contributed by atoms with E-state index in [-0.39, 0.29) is 19.0 Å². The molecule has 0 unspecified atom stereocenters. The van der Waals surface area contributed by atoms with E-state index in [4.69, 9.17) is 0 Å². The second kappa shape index (κ2) is 9.02. The molecule has 0 aliphatic heterocycles. The zero-order chi connectivity index (χ0) is 19.9. The van der Waals surface area contributed by atoms with Crippen LogP contribution >= 0.6 is 0 Å². The molecule has 5 nitrogen and oxygen atoms in total. The van der Waals surface area contributed by atoms with Crippen molar-refractivity contribution in [3.05, 3.63) is 65.5 Å². The molecule has 2 aromatic carbocycles. The number of guanidine groups is 1. The van der Waals surface area contributed by atoms with Crippen LogP contribution in [-0.2, 0) is 17.5 Å². The highest BCUT2D eigenvalue weighted by Gasteiger charge is 2.30. The van der Waals surface area contributed by atoms with Gasteiger partial charge in [-0.25, -0.2) is 4.39 Å². The van der Waals surface area contributed by atoms with Crippen molar-refractivity contribution in [2.75, 3.05) is 18.9 Å². The summed E-state index contributed by atoms with van der Waals surface area (Å²) in [4.78, 5) is 15.8. The van der Waals surface area contributed by atoms with Crippen LogP contribution in [-0.4, -0.2) is 25.5 Å². The molecule has 0 radical (unpaired) electrons. The Labute approximate surface area is 153 Å². The summed E-state index contributed by atoms with van der Waals surface area (Å²) < 4.78 is 51.2. The van der Waals surface area contributed by atoms with Gasteiger partial charge in [0.05, 0.1) is 12.1 Å². The van der Waals surface area contributed by atoms with E-state index in [1.165, 1.54) is 31.3 Å². The Hall–Kier alpha value is -3.10. The van der Waals surface area contributed by atoms with Gasteiger partial charge >= 0.3 is 6.18 Å². The third-order valence-electron chi connectivity index (χ3n) is 3.46. The SMILES string of the molecule is CN=C(NCC(=O)Nc1cccc(F)c1)NCc1cccc(C(F)(F)F)c1. The highest BCUT2D eigenvalue weighted by atomic mass is 19.4. The number of aliphatic imine (C=N–C) groups is 1. The fourth-order valence-electron chi connectivity index (χ4n) is 2.20. The predicted molar refractivity (Wildman–Crippen MR) is 94.7 cm³/mol. The Kier molecular flexibility index (Phi) is 6.75. The number of nitrogens with zero attached hydrogens (tertiary/aromatic N) is 1. The summed E-state index contributed by atoms with van der Waals surface area (Å²) in [5.41, 5.74) is -0.00934. The molecule has 0 spiro atoms. The van der Waals surface area contributed by atoms with E-state index >= 15 is 0 Å². The highest BCUT2D eigenvalue weighted by molar-refractivity contribution is 5.94. The van der Waals surface area contributed by atoms with E-state index in [0.717, 1.165) is 12.1 Å². The monoisotopic (exact) mass is 382 g/mol. The summed E-state index contributed by atoms with van der Waals surface area (Å²) in [5, 5.41) is 8.07. The van der Waals surface area contributed by atoms with Crippen molar-refractivity contribution in [3.8, 4) is 0 Å². The predicted octanol–water partition coefficient (Wildman–Crippen LogP) is 3.15. The molecule has 1 amide bonds. The Balaban J connectivity index is 1.85. The van der Waals surface area contributed by atoms with Crippen LogP contribution in [0.5, 0.6) is 0 Å². The maximum atomic E-state index is 13.1. The average Bonchev–Trinajstić information content (AvgIpc) is 2.61. The first-order valence-electron chi connectivity index (χ1n) is 7.94. The minimum absolute atomic E-state index is 0.0924. The van der Waals surface area contributed by atoms with Crippen molar-refractivity contribution < 1.29 is 22.4 Å². The molecular formula is C18H18F4N4O. The fraction of sp³-hybridized carbons (Fsp3) is 0.222. The number of alkyl halides is 3. The summed E-state index contributed by atoms with van der Waals surface area (Å²) in [5.74, 6) is -0.663. The molecule has 2 aromatic rings. The number of nitrogens with one attached hydrogen (secondary N) is 3. The van der Waals surface area contributed by atoms with Crippen LogP contribution in [0.25, 0.3) is 0 Å². The van der Waals surface area contributed by atoms with Crippen molar-refractivity contribution in [3.63, 3.8) is 0 Å². The molecule has 0 heterocycles. The van der Waals surface area contributed by atoms with Crippen molar-refractivity contribution in [2.45, 2.75) is 12.7 Å². The summed E-state index contributed by atoms with van der Waals surface area (Å²) in [6.07, 6.45) is -4.41. The summed E-state index contributed by atoms with van der Waals surface area (Å²) >= 11 is 0. The van der Waals surface area contributed by atoms with Gasteiger partial charge in [-0.05, 0) is 35.9 Å². The van der Waals surface area contributed by atoms with Gasteiger partial charge in [0.15, 0.2) is 5.96 Å². The van der Waals surface area contributed by atoms with Gasteiger partial charge in [0.25, 0.3) is 0 Å². The first kappa shape index (κ1) is 20.2. The number of hydrogen-bond acceptors (Lipinski definition) is 2. The molecule has 144 valence electrons. The van der Waals surface area contributed by atoms with Gasteiger partial charge < -0.3 is 16.0 Å². The number of carbonyl (C=O) groups excluding carboxylic acids is 1. The quantitative estimate of drug-likeness (QED) is 0.423. The number of benzene rings is 2. The van der Waals surface area contributed by atoms with Crippen LogP contribution in [0.2, 0.25) is 0 Å². The molecule has 0 saturated heterocycles. The third kappa shape index (κ3) is 6.61. The normalized spacial score (nSPS) is 11.8. The van der Waals surface area contributed by atoms with Crippen LogP contribution in [0.4, 0.5) is 23.2 Å². The first-order chi connectivity index (χ1) is 12.8. The van der Waals surface area contributed by atoms with Gasteiger partial charge in [0, 0.05) is 19.3 Å². The van der Waals surface area contributed by atoms with Crippen molar-refractivity contribution >= 4 is 17.6 Å². The van der Waals surface area contributed by atoms with Gasteiger partial charge in [-0.3, -0.25) is 9.79 Å². The zero-order valence-electron chi connectivity index (χ0n) is 14.4. The van der Waals surface area contributed by atoms with Gasteiger partial charge in [-0.1, -0.05) is 18.2 Å². The molecule has 0 bridgehead atoms. The lowest BCUT2D eigenvalue weighted by molar-refractivity contribution is -0.137. The van der Waals surface area contributed by atoms with Gasteiger partial charge in [-0.2, -0.15) is 13.2 Å². The molecule has 0 aromatic heterocycles. The second-order valence-electron chi connectivity index (χ2n) is 5.54. The average molecular weight is 382 g/mol. The molecule has 0 aliphatic carbocycles. The van der Waals surface area contributed by atoms with Crippen molar-refractivity contribution in [1.82, 2.24) is 10.6 Å². The molecule has 0 aliphatic rings. The Morgan fingerprint density at radius 3 is 2.48 bits per heavy atom. The third-order valence-corrected chi connectivity index (χ3v) is 3.46. The molecule has 27 heavy (non-hydrogen) atoms. The van der Waals surface area contributed by atoms with Crippen LogP contribution < -0.4 is 16.0 Å². The van der Waals surface area contributed by atoms with Gasteiger partial charge in [0.2, 0.25) is 5.91 Å². The first-order valence-corrected chi connectivity index (χ1v) is 7.94. The van der Waals surface area contributed by atoms with E-state index in [0.29, 0.717) is 11.3 Å².